The molecule has 0 aromatic heterocycles. The number of aliphatic carboxylic acids is 2. The maximum absolute atomic E-state index is 9.77. The van der Waals surface area contributed by atoms with Gasteiger partial charge in [0.2, 0.25) is 0 Å². The normalized spacial score (nSPS) is 17.2. The Morgan fingerprint density at radius 1 is 0.926 bits per heavy atom. The van der Waals surface area contributed by atoms with E-state index in [0.29, 0.717) is 6.04 Å². The minimum atomic E-state index is -2.27. The molecule has 0 unspecified atom stereocenters. The first kappa shape index (κ1) is 20.6. The van der Waals surface area contributed by atoms with Crippen LogP contribution in [0.1, 0.15) is 29.2 Å². The van der Waals surface area contributed by atoms with Gasteiger partial charge in [-0.2, -0.15) is 0 Å². The molecule has 0 amide bonds. The molecule has 144 valence electrons. The number of fused-ring (bicyclic) bond motifs is 1. The second-order valence-corrected chi connectivity index (χ2v) is 6.22. The summed E-state index contributed by atoms with van der Waals surface area (Å²) in [6.45, 7) is 0.958. The predicted octanol–water partition coefficient (Wildman–Crippen LogP) is 1.34. The van der Waals surface area contributed by atoms with Gasteiger partial charge in [-0.1, -0.05) is 54.6 Å². The molecule has 2 aromatic carbocycles. The van der Waals surface area contributed by atoms with Crippen LogP contribution in [0, 0.1) is 0 Å². The van der Waals surface area contributed by atoms with Crippen molar-refractivity contribution < 1.29 is 30.0 Å². The number of carbonyl (C=O) groups is 2. The van der Waals surface area contributed by atoms with E-state index in [1.54, 1.807) is 0 Å². The third-order valence-electron chi connectivity index (χ3n) is 4.33. The van der Waals surface area contributed by atoms with Crippen molar-refractivity contribution in [3.8, 4) is 0 Å². The minimum Gasteiger partial charge on any atom is -0.479 e. The van der Waals surface area contributed by atoms with E-state index in [1.165, 1.54) is 29.5 Å². The molecule has 1 aliphatic rings. The van der Waals surface area contributed by atoms with Crippen molar-refractivity contribution in [2.45, 2.75) is 37.6 Å². The molecule has 0 saturated carbocycles. The molecule has 27 heavy (non-hydrogen) atoms. The van der Waals surface area contributed by atoms with Gasteiger partial charge in [0.1, 0.15) is 0 Å². The van der Waals surface area contributed by atoms with Gasteiger partial charge in [0.15, 0.2) is 12.2 Å². The molecule has 0 spiro atoms. The summed E-state index contributed by atoms with van der Waals surface area (Å²) in [7, 11) is 0. The first-order chi connectivity index (χ1) is 12.9. The second-order valence-electron chi connectivity index (χ2n) is 6.22. The highest BCUT2D eigenvalue weighted by Crippen LogP contribution is 2.30. The van der Waals surface area contributed by atoms with Crippen molar-refractivity contribution in [2.24, 2.45) is 0 Å². The van der Waals surface area contributed by atoms with E-state index in [4.69, 9.17) is 20.4 Å². The van der Waals surface area contributed by atoms with Crippen LogP contribution in [0.5, 0.6) is 0 Å². The number of aliphatic hydroxyl groups excluding tert-OH is 2. The zero-order valence-electron chi connectivity index (χ0n) is 14.7. The molecule has 7 nitrogen and oxygen atoms in total. The summed E-state index contributed by atoms with van der Waals surface area (Å²) in [5.41, 5.74) is 4.36. The van der Waals surface area contributed by atoms with Gasteiger partial charge in [0.25, 0.3) is 0 Å². The molecule has 3 rings (SSSR count). The monoisotopic (exact) mass is 373 g/mol. The van der Waals surface area contributed by atoms with E-state index in [-0.39, 0.29) is 0 Å². The van der Waals surface area contributed by atoms with Crippen molar-refractivity contribution in [1.82, 2.24) is 5.32 Å². The van der Waals surface area contributed by atoms with E-state index in [1.807, 2.05) is 0 Å². The molecule has 5 N–H and O–H groups in total. The second kappa shape index (κ2) is 9.82. The van der Waals surface area contributed by atoms with Crippen LogP contribution in [0.15, 0.2) is 54.6 Å². The number of aryl methyl sites for hydroxylation is 1. The van der Waals surface area contributed by atoms with Gasteiger partial charge in [-0.25, -0.2) is 9.59 Å². The van der Waals surface area contributed by atoms with Crippen molar-refractivity contribution in [3.63, 3.8) is 0 Å². The fourth-order valence-electron chi connectivity index (χ4n) is 2.88. The Labute approximate surface area is 156 Å². The Morgan fingerprint density at radius 2 is 1.48 bits per heavy atom. The van der Waals surface area contributed by atoms with E-state index >= 15 is 0 Å². The number of hydrogen-bond donors (Lipinski definition) is 5. The molecule has 1 aliphatic carbocycles. The maximum atomic E-state index is 9.77. The first-order valence-electron chi connectivity index (χ1n) is 8.57. The van der Waals surface area contributed by atoms with Gasteiger partial charge in [-0.15, -0.1) is 0 Å². The van der Waals surface area contributed by atoms with Crippen LogP contribution in [-0.4, -0.2) is 44.6 Å². The highest BCUT2D eigenvalue weighted by atomic mass is 16.4. The summed E-state index contributed by atoms with van der Waals surface area (Å²) in [6.07, 6.45) is -2.09. The predicted molar refractivity (Wildman–Crippen MR) is 98.1 cm³/mol. The van der Waals surface area contributed by atoms with Crippen LogP contribution in [0.2, 0.25) is 0 Å². The molecule has 0 fully saturated rings. The number of carboxylic acid groups (broad SMARTS) is 2. The number of benzene rings is 2. The van der Waals surface area contributed by atoms with Crippen molar-refractivity contribution in [3.05, 3.63) is 71.3 Å². The molecule has 2 aromatic rings. The number of carboxylic acids is 2. The topological polar surface area (TPSA) is 127 Å². The van der Waals surface area contributed by atoms with Gasteiger partial charge in [0, 0.05) is 12.6 Å². The molecule has 0 saturated heterocycles. The number of rotatable bonds is 6. The zero-order valence-corrected chi connectivity index (χ0v) is 14.7. The van der Waals surface area contributed by atoms with Crippen LogP contribution >= 0.6 is 0 Å². The Bertz CT molecular complexity index is 746. The minimum absolute atomic E-state index is 0.534. The fraction of sp³-hybridized carbons (Fsp3) is 0.300. The van der Waals surface area contributed by atoms with Crippen LogP contribution in [0.3, 0.4) is 0 Å². The SMILES string of the molecule is O=C(O)[C@H](O)[C@@H](O)C(=O)O.c1ccc(CN[C@@H]2CCc3ccccc32)cc1. The van der Waals surface area contributed by atoms with E-state index in [2.05, 4.69) is 59.9 Å². The lowest BCUT2D eigenvalue weighted by atomic mass is 10.1. The van der Waals surface area contributed by atoms with Gasteiger partial charge < -0.3 is 25.7 Å². The van der Waals surface area contributed by atoms with Gasteiger partial charge >= 0.3 is 11.9 Å². The molecule has 0 aliphatic heterocycles. The summed E-state index contributed by atoms with van der Waals surface area (Å²) >= 11 is 0. The third-order valence-corrected chi connectivity index (χ3v) is 4.33. The quantitative estimate of drug-likeness (QED) is 0.517. The highest BCUT2D eigenvalue weighted by Gasteiger charge is 2.29. The average Bonchev–Trinajstić information content (AvgIpc) is 3.09. The Balaban J connectivity index is 0.000000227. The summed E-state index contributed by atoms with van der Waals surface area (Å²) < 4.78 is 0. The molecule has 3 atom stereocenters. The number of nitrogens with one attached hydrogen (secondary N) is 1. The van der Waals surface area contributed by atoms with E-state index < -0.39 is 24.1 Å². The van der Waals surface area contributed by atoms with Crippen molar-refractivity contribution in [2.75, 3.05) is 0 Å². The number of aliphatic hydroxyl groups is 2. The third kappa shape index (κ3) is 5.89. The van der Waals surface area contributed by atoms with E-state index in [0.717, 1.165) is 6.54 Å². The summed E-state index contributed by atoms with van der Waals surface area (Å²) in [6, 6.07) is 19.9. The smallest absolute Gasteiger partial charge is 0.335 e. The average molecular weight is 373 g/mol. The van der Waals surface area contributed by atoms with Crippen molar-refractivity contribution >= 4 is 11.9 Å². The molecule has 0 radical (unpaired) electrons. The highest BCUT2D eigenvalue weighted by molar-refractivity contribution is 5.83. The van der Waals surface area contributed by atoms with Gasteiger partial charge in [-0.05, 0) is 29.5 Å². The largest absolute Gasteiger partial charge is 0.479 e. The van der Waals surface area contributed by atoms with Crippen molar-refractivity contribution in [1.29, 1.82) is 0 Å². The van der Waals surface area contributed by atoms with Crippen LogP contribution in [0.4, 0.5) is 0 Å². The molecule has 7 heteroatoms. The molecule has 0 bridgehead atoms. The van der Waals surface area contributed by atoms with Crippen LogP contribution in [0.25, 0.3) is 0 Å². The van der Waals surface area contributed by atoms with E-state index in [9.17, 15) is 9.59 Å². The standard InChI is InChI=1S/C16H17N.C4H6O6/c1-2-6-13(7-3-1)12-17-16-11-10-14-8-4-5-9-15(14)16;5-1(3(7)8)2(6)4(9)10/h1-9,16-17H,10-12H2;1-2,5-6H,(H,7,8)(H,9,10)/t16-;1-,2-/m11/s1. The Hall–Kier alpha value is -2.74. The van der Waals surface area contributed by atoms with Gasteiger partial charge in [0.05, 0.1) is 0 Å². The first-order valence-corrected chi connectivity index (χ1v) is 8.57. The lowest BCUT2D eigenvalue weighted by Gasteiger charge is -2.13. The van der Waals surface area contributed by atoms with Crippen LogP contribution in [-0.2, 0) is 22.6 Å². The molecule has 0 heterocycles. The molecular formula is C20H23NO6. The summed E-state index contributed by atoms with van der Waals surface area (Å²) in [4.78, 5) is 19.5. The summed E-state index contributed by atoms with van der Waals surface area (Å²) in [5.74, 6) is -3.54. The number of hydrogen-bond acceptors (Lipinski definition) is 5. The summed E-state index contributed by atoms with van der Waals surface area (Å²) in [5, 5.41) is 36.2. The van der Waals surface area contributed by atoms with Crippen LogP contribution < -0.4 is 5.32 Å². The maximum Gasteiger partial charge on any atom is 0.335 e. The Morgan fingerprint density at radius 3 is 2.07 bits per heavy atom. The van der Waals surface area contributed by atoms with Gasteiger partial charge in [-0.3, -0.25) is 0 Å². The Kier molecular flexibility index (Phi) is 7.48. The lowest BCUT2D eigenvalue weighted by molar-refractivity contribution is -0.165. The fourth-order valence-corrected chi connectivity index (χ4v) is 2.88. The molecular weight excluding hydrogens is 350 g/mol. The zero-order chi connectivity index (χ0) is 19.8. The lowest BCUT2D eigenvalue weighted by Crippen LogP contribution is -2.39.